The monoisotopic (exact) mass is 299 g/mol. The first-order chi connectivity index (χ1) is 9.52. The van der Waals surface area contributed by atoms with E-state index in [1.807, 2.05) is 0 Å². The number of carbonyl (C=O) groups excluding carboxylic acids is 2. The van der Waals surface area contributed by atoms with E-state index in [9.17, 15) is 9.59 Å². The highest BCUT2D eigenvalue weighted by molar-refractivity contribution is 6.32. The molecule has 1 aliphatic heterocycles. The average molecular weight is 300 g/mol. The number of esters is 1. The van der Waals surface area contributed by atoms with Crippen LogP contribution in [0.4, 0.5) is 0 Å². The number of amides is 1. The summed E-state index contributed by atoms with van der Waals surface area (Å²) in [5.41, 5.74) is 0.287. The lowest BCUT2D eigenvalue weighted by atomic mass is 10.1. The van der Waals surface area contributed by atoms with Crippen molar-refractivity contribution in [3.05, 3.63) is 22.7 Å². The maximum atomic E-state index is 12.0. The third kappa shape index (κ3) is 2.96. The summed E-state index contributed by atoms with van der Waals surface area (Å²) in [4.78, 5) is 23.3. The number of benzene rings is 1. The third-order valence-corrected chi connectivity index (χ3v) is 3.04. The van der Waals surface area contributed by atoms with Crippen LogP contribution < -0.4 is 14.8 Å². The van der Waals surface area contributed by atoms with Crippen LogP contribution in [0.5, 0.6) is 11.5 Å². The largest absolute Gasteiger partial charge is 0.486 e. The van der Waals surface area contributed by atoms with E-state index >= 15 is 0 Å². The Bertz CT molecular complexity index is 546. The Hall–Kier alpha value is -1.95. The number of hydrogen-bond donors (Lipinski definition) is 1. The smallest absolute Gasteiger partial charge is 0.328 e. The van der Waals surface area contributed by atoms with Gasteiger partial charge in [-0.15, -0.1) is 0 Å². The van der Waals surface area contributed by atoms with Crippen molar-refractivity contribution >= 4 is 23.5 Å². The zero-order valence-electron chi connectivity index (χ0n) is 11.1. The van der Waals surface area contributed by atoms with Crippen molar-refractivity contribution in [1.29, 1.82) is 0 Å². The first-order valence-corrected chi connectivity index (χ1v) is 6.38. The summed E-state index contributed by atoms with van der Waals surface area (Å²) in [5, 5.41) is 2.80. The Morgan fingerprint density at radius 2 is 2.05 bits per heavy atom. The summed E-state index contributed by atoms with van der Waals surface area (Å²) in [6, 6.07) is 2.24. The van der Waals surface area contributed by atoms with Gasteiger partial charge in [0.15, 0.2) is 11.5 Å². The Kier molecular flexibility index (Phi) is 4.34. The Morgan fingerprint density at radius 3 is 2.75 bits per heavy atom. The van der Waals surface area contributed by atoms with Gasteiger partial charge in [-0.25, -0.2) is 4.79 Å². The normalized spacial score (nSPS) is 14.3. The first-order valence-electron chi connectivity index (χ1n) is 6.00. The molecule has 1 atom stereocenters. The fourth-order valence-corrected chi connectivity index (χ4v) is 2.02. The molecule has 6 nitrogen and oxygen atoms in total. The number of halogens is 1. The van der Waals surface area contributed by atoms with Crippen molar-refractivity contribution < 1.29 is 23.8 Å². The molecule has 108 valence electrons. The van der Waals surface area contributed by atoms with Crippen LogP contribution in [0.15, 0.2) is 12.1 Å². The fourth-order valence-electron chi connectivity index (χ4n) is 1.76. The second-order valence-corrected chi connectivity index (χ2v) is 4.61. The van der Waals surface area contributed by atoms with E-state index in [1.54, 1.807) is 0 Å². The molecule has 0 spiro atoms. The molecule has 1 N–H and O–H groups in total. The summed E-state index contributed by atoms with van der Waals surface area (Å²) in [6.07, 6.45) is 0. The molecule has 0 fully saturated rings. The minimum atomic E-state index is -0.750. The predicted octanol–water partition coefficient (Wildman–Crippen LogP) is 1.40. The van der Waals surface area contributed by atoms with Crippen molar-refractivity contribution in [3.8, 4) is 11.5 Å². The van der Waals surface area contributed by atoms with Crippen molar-refractivity contribution in [2.45, 2.75) is 13.0 Å². The van der Waals surface area contributed by atoms with Crippen LogP contribution in [0.25, 0.3) is 0 Å². The van der Waals surface area contributed by atoms with Gasteiger partial charge < -0.3 is 19.5 Å². The summed E-state index contributed by atoms with van der Waals surface area (Å²) in [6.45, 7) is 2.34. The molecule has 1 aromatic carbocycles. The second kappa shape index (κ2) is 6.00. The molecule has 7 heteroatoms. The minimum absolute atomic E-state index is 0.287. The molecule has 20 heavy (non-hydrogen) atoms. The van der Waals surface area contributed by atoms with E-state index in [0.29, 0.717) is 24.7 Å². The van der Waals surface area contributed by atoms with Gasteiger partial charge in [-0.3, -0.25) is 4.79 Å². The molecule has 1 heterocycles. The van der Waals surface area contributed by atoms with Crippen LogP contribution in [-0.2, 0) is 9.53 Å². The van der Waals surface area contributed by atoms with E-state index in [4.69, 9.17) is 21.1 Å². The van der Waals surface area contributed by atoms with Gasteiger partial charge in [-0.1, -0.05) is 11.6 Å². The topological polar surface area (TPSA) is 73.9 Å². The lowest BCUT2D eigenvalue weighted by molar-refractivity contribution is -0.142. The summed E-state index contributed by atoms with van der Waals surface area (Å²) >= 11 is 6.04. The Balaban J connectivity index is 2.18. The van der Waals surface area contributed by atoms with Crippen LogP contribution in [0.1, 0.15) is 17.3 Å². The van der Waals surface area contributed by atoms with Crippen molar-refractivity contribution in [2.75, 3.05) is 20.3 Å². The van der Waals surface area contributed by atoms with E-state index in [-0.39, 0.29) is 10.6 Å². The average Bonchev–Trinajstić information content (AvgIpc) is 2.46. The van der Waals surface area contributed by atoms with Crippen molar-refractivity contribution in [3.63, 3.8) is 0 Å². The molecule has 0 saturated heterocycles. The zero-order chi connectivity index (χ0) is 14.7. The molecule has 0 bridgehead atoms. The highest BCUT2D eigenvalue weighted by Crippen LogP contribution is 2.38. The molecule has 1 unspecified atom stereocenters. The van der Waals surface area contributed by atoms with Crippen molar-refractivity contribution in [1.82, 2.24) is 5.32 Å². The lowest BCUT2D eigenvalue weighted by Gasteiger charge is -2.20. The van der Waals surface area contributed by atoms with Crippen LogP contribution >= 0.6 is 11.6 Å². The molecule has 0 aromatic heterocycles. The molecular weight excluding hydrogens is 286 g/mol. The number of rotatable bonds is 3. The zero-order valence-corrected chi connectivity index (χ0v) is 11.8. The predicted molar refractivity (Wildman–Crippen MR) is 71.4 cm³/mol. The first kappa shape index (κ1) is 14.5. The van der Waals surface area contributed by atoms with Crippen LogP contribution in [0.3, 0.4) is 0 Å². The van der Waals surface area contributed by atoms with Gasteiger partial charge >= 0.3 is 5.97 Å². The minimum Gasteiger partial charge on any atom is -0.486 e. The summed E-state index contributed by atoms with van der Waals surface area (Å²) < 4.78 is 15.3. The van der Waals surface area contributed by atoms with Gasteiger partial charge in [-0.2, -0.15) is 0 Å². The van der Waals surface area contributed by atoms with E-state index in [0.717, 1.165) is 0 Å². The van der Waals surface area contributed by atoms with Crippen LogP contribution in [0.2, 0.25) is 5.02 Å². The van der Waals surface area contributed by atoms with E-state index in [1.165, 1.54) is 26.2 Å². The van der Waals surface area contributed by atoms with Gasteiger partial charge in [0.2, 0.25) is 0 Å². The molecule has 0 saturated carbocycles. The van der Waals surface area contributed by atoms with Crippen molar-refractivity contribution in [2.24, 2.45) is 0 Å². The second-order valence-electron chi connectivity index (χ2n) is 4.20. The molecule has 2 rings (SSSR count). The van der Waals surface area contributed by atoms with Crippen LogP contribution in [-0.4, -0.2) is 38.2 Å². The standard InChI is InChI=1S/C13H14ClNO5/c1-7(13(17)18-2)15-12(16)8-5-9(14)11-10(6-8)19-3-4-20-11/h5-7H,3-4H2,1-2H3,(H,15,16). The van der Waals surface area contributed by atoms with Gasteiger partial charge in [0.1, 0.15) is 19.3 Å². The van der Waals surface area contributed by atoms with E-state index in [2.05, 4.69) is 10.1 Å². The molecule has 1 aromatic rings. The third-order valence-electron chi connectivity index (χ3n) is 2.76. The van der Waals surface area contributed by atoms with Gasteiger partial charge in [0, 0.05) is 5.56 Å². The number of fused-ring (bicyclic) bond motifs is 1. The maximum Gasteiger partial charge on any atom is 0.328 e. The van der Waals surface area contributed by atoms with E-state index < -0.39 is 17.9 Å². The molecule has 0 aliphatic carbocycles. The molecule has 1 amide bonds. The summed E-state index contributed by atoms with van der Waals surface area (Å²) in [7, 11) is 1.26. The molecule has 1 aliphatic rings. The summed E-state index contributed by atoms with van der Waals surface area (Å²) in [5.74, 6) is -0.126. The molecule has 0 radical (unpaired) electrons. The Morgan fingerprint density at radius 1 is 1.35 bits per heavy atom. The number of methoxy groups -OCH3 is 1. The van der Waals surface area contributed by atoms with Gasteiger partial charge in [-0.05, 0) is 19.1 Å². The molecular formula is C13H14ClNO5. The van der Waals surface area contributed by atoms with Gasteiger partial charge in [0.25, 0.3) is 5.91 Å². The number of nitrogens with one attached hydrogen (secondary N) is 1. The highest BCUT2D eigenvalue weighted by Gasteiger charge is 2.21. The Labute approximate surface area is 120 Å². The SMILES string of the molecule is COC(=O)C(C)NC(=O)c1cc(Cl)c2c(c1)OCCO2. The number of ether oxygens (including phenoxy) is 3. The van der Waals surface area contributed by atoms with Crippen LogP contribution in [0, 0.1) is 0 Å². The lowest BCUT2D eigenvalue weighted by Crippen LogP contribution is -2.39. The maximum absolute atomic E-state index is 12.0. The highest BCUT2D eigenvalue weighted by atomic mass is 35.5. The number of carbonyl (C=O) groups is 2. The number of hydrogen-bond acceptors (Lipinski definition) is 5. The fraction of sp³-hybridized carbons (Fsp3) is 0.385. The van der Waals surface area contributed by atoms with Gasteiger partial charge in [0.05, 0.1) is 12.1 Å². The quantitative estimate of drug-likeness (QED) is 0.854.